The van der Waals surface area contributed by atoms with E-state index >= 15 is 0 Å². The third-order valence-electron chi connectivity index (χ3n) is 9.95. The molecule has 2 atom stereocenters. The van der Waals surface area contributed by atoms with Crippen LogP contribution in [0, 0.1) is 0 Å². The molecule has 4 heterocycles. The summed E-state index contributed by atoms with van der Waals surface area (Å²) < 4.78 is 28.8. The normalized spacial score (nSPS) is 17.6. The fourth-order valence-electron chi connectivity index (χ4n) is 7.11. The van der Waals surface area contributed by atoms with Crippen LogP contribution in [0.2, 0.25) is 0 Å². The molecule has 12 heteroatoms. The highest BCUT2D eigenvalue weighted by molar-refractivity contribution is 6.06. The highest BCUT2D eigenvalue weighted by atomic mass is 16.5. The van der Waals surface area contributed by atoms with Crippen LogP contribution in [0.5, 0.6) is 28.7 Å². The lowest BCUT2D eigenvalue weighted by Crippen LogP contribution is -2.32. The van der Waals surface area contributed by atoms with Gasteiger partial charge < -0.3 is 39.2 Å². The van der Waals surface area contributed by atoms with Gasteiger partial charge in [-0.05, 0) is 58.7 Å². The van der Waals surface area contributed by atoms with Gasteiger partial charge in [-0.1, -0.05) is 38.1 Å². The number of benzene rings is 4. The Morgan fingerprint density at radius 1 is 0.643 bits per heavy atom. The molecule has 0 fully saturated rings. The van der Waals surface area contributed by atoms with Gasteiger partial charge in [0.05, 0.1) is 69.1 Å². The van der Waals surface area contributed by atoms with Crippen LogP contribution < -0.4 is 29.4 Å². The van der Waals surface area contributed by atoms with Crippen molar-refractivity contribution < 1.29 is 33.3 Å². The van der Waals surface area contributed by atoms with Crippen molar-refractivity contribution in [1.82, 2.24) is 9.80 Å². The van der Waals surface area contributed by atoms with E-state index in [2.05, 4.69) is 4.99 Å². The Kier molecular flexibility index (Phi) is 11.1. The molecule has 56 heavy (non-hydrogen) atoms. The number of nitrogens with two attached hydrogens (primary N) is 1. The summed E-state index contributed by atoms with van der Waals surface area (Å²) in [5, 5.41) is 0. The average Bonchev–Trinajstić information content (AvgIpc) is 3.81. The molecular formula is C44H45N5O7. The summed E-state index contributed by atoms with van der Waals surface area (Å²) in [4.78, 5) is 40.3. The molecular weight excluding hydrogens is 711 g/mol. The fourth-order valence-corrected chi connectivity index (χ4v) is 7.11. The van der Waals surface area contributed by atoms with Gasteiger partial charge in [-0.25, -0.2) is 0 Å². The number of aliphatic imine (C=N–C) groups is 2. The first-order valence-electron chi connectivity index (χ1n) is 18.7. The van der Waals surface area contributed by atoms with Gasteiger partial charge in [-0.2, -0.15) is 0 Å². The van der Waals surface area contributed by atoms with Gasteiger partial charge in [0, 0.05) is 61.9 Å². The number of amides is 2. The van der Waals surface area contributed by atoms with Gasteiger partial charge in [-0.15, -0.1) is 0 Å². The number of hydrogen-bond acceptors (Lipinski definition) is 10. The van der Waals surface area contributed by atoms with Gasteiger partial charge in [0.15, 0.2) is 23.0 Å². The summed E-state index contributed by atoms with van der Waals surface area (Å²) in [7, 11) is 4.71. The van der Waals surface area contributed by atoms with Gasteiger partial charge in [0.2, 0.25) is 0 Å². The molecule has 0 aromatic heterocycles. The highest BCUT2D eigenvalue weighted by Gasteiger charge is 2.35. The number of ether oxygens (including phenoxy) is 5. The first kappa shape index (κ1) is 37.7. The summed E-state index contributed by atoms with van der Waals surface area (Å²) in [6.45, 7) is 4.61. The standard InChI is InChI=1S/C42H39N5O7.C2H6/c1-50-32-10-8-25(9-11-32)27-15-30-21-44-35-19-39(37(51-2)17-33(35)41(48)46(30)23-27)53-12-5-13-54-40-20-36-34(18-38(40)52-3)42(49)47-24-28(16-31(47)22-45-36)26-6-4-7-29(43)14-26;1-2/h4,6-11,14,17-24,30-31H,5,12-13,15-16,43H2,1-3H3;1-2H3. The lowest BCUT2D eigenvalue weighted by Gasteiger charge is -2.19. The first-order valence-corrected chi connectivity index (χ1v) is 18.7. The monoisotopic (exact) mass is 755 g/mol. The van der Waals surface area contributed by atoms with E-state index in [-0.39, 0.29) is 23.9 Å². The maximum atomic E-state index is 13.7. The van der Waals surface area contributed by atoms with Crippen molar-refractivity contribution in [3.8, 4) is 28.7 Å². The van der Waals surface area contributed by atoms with Crippen LogP contribution in [0.15, 0.2) is 95.2 Å². The minimum atomic E-state index is -0.213. The molecule has 2 N–H and O–H groups in total. The molecule has 0 saturated heterocycles. The number of rotatable bonds is 11. The molecule has 4 aliphatic rings. The minimum absolute atomic E-state index is 0.158. The number of nitrogens with zero attached hydrogens (tertiary/aromatic N) is 4. The van der Waals surface area contributed by atoms with Gasteiger partial charge in [0.25, 0.3) is 11.8 Å². The Morgan fingerprint density at radius 3 is 1.64 bits per heavy atom. The number of anilines is 1. The molecule has 288 valence electrons. The number of carbonyl (C=O) groups is 2. The first-order chi connectivity index (χ1) is 27.3. The van der Waals surface area contributed by atoms with Crippen molar-refractivity contribution in [2.45, 2.75) is 45.2 Å². The summed E-state index contributed by atoms with van der Waals surface area (Å²) >= 11 is 0. The van der Waals surface area contributed by atoms with Crippen LogP contribution in [0.1, 0.15) is 65.0 Å². The number of carbonyl (C=O) groups excluding carboxylic acids is 2. The lowest BCUT2D eigenvalue weighted by atomic mass is 10.0. The molecule has 4 aromatic rings. The van der Waals surface area contributed by atoms with Crippen molar-refractivity contribution in [2.24, 2.45) is 9.98 Å². The number of fused-ring (bicyclic) bond motifs is 4. The van der Waals surface area contributed by atoms with Crippen molar-refractivity contribution in [3.63, 3.8) is 0 Å². The molecule has 0 aliphatic carbocycles. The second-order valence-electron chi connectivity index (χ2n) is 13.3. The molecule has 0 saturated carbocycles. The fraction of sp³-hybridized carbons (Fsp3) is 0.273. The summed E-state index contributed by atoms with van der Waals surface area (Å²) in [6, 6.07) is 21.9. The Balaban J connectivity index is 0.00000237. The SMILES string of the molecule is CC.COc1ccc(C2=CN3C(=O)c4cc(OC)c(OCCCOc5cc6c(cc5OC)C(=O)N5C=C(c7cccc(N)c7)CC5C=N6)cc4N=CC3C2)cc1. The van der Waals surface area contributed by atoms with E-state index in [9.17, 15) is 9.59 Å². The highest BCUT2D eigenvalue weighted by Crippen LogP contribution is 2.42. The Bertz CT molecular complexity index is 2260. The van der Waals surface area contributed by atoms with Crippen molar-refractivity contribution in [3.05, 3.63) is 107 Å². The van der Waals surface area contributed by atoms with Crippen molar-refractivity contribution >= 4 is 52.5 Å². The third kappa shape index (κ3) is 7.42. The number of methoxy groups -OCH3 is 3. The summed E-state index contributed by atoms with van der Waals surface area (Å²) in [6.07, 6.45) is 9.19. The van der Waals surface area contributed by atoms with E-state index in [0.29, 0.717) is 83.7 Å². The molecule has 0 bridgehead atoms. The topological polar surface area (TPSA) is 138 Å². The number of nitrogen functional groups attached to an aromatic ring is 1. The lowest BCUT2D eigenvalue weighted by molar-refractivity contribution is 0.0809. The second kappa shape index (κ2) is 16.4. The largest absolute Gasteiger partial charge is 0.497 e. The molecule has 12 nitrogen and oxygen atoms in total. The molecule has 8 rings (SSSR count). The maximum absolute atomic E-state index is 13.7. The summed E-state index contributed by atoms with van der Waals surface area (Å²) in [5.41, 5.74) is 12.6. The smallest absolute Gasteiger partial charge is 0.260 e. The molecule has 2 unspecified atom stereocenters. The predicted octanol–water partition coefficient (Wildman–Crippen LogP) is 8.11. The van der Waals surface area contributed by atoms with Gasteiger partial charge >= 0.3 is 0 Å². The zero-order valence-electron chi connectivity index (χ0n) is 32.2. The molecule has 2 amide bonds. The quantitative estimate of drug-likeness (QED) is 0.120. The van der Waals surface area contributed by atoms with Crippen LogP contribution in [-0.2, 0) is 0 Å². The second-order valence-corrected chi connectivity index (χ2v) is 13.3. The zero-order chi connectivity index (χ0) is 39.3. The summed E-state index contributed by atoms with van der Waals surface area (Å²) in [5.74, 6) is 2.26. The van der Waals surface area contributed by atoms with Crippen LogP contribution >= 0.6 is 0 Å². The van der Waals surface area contributed by atoms with E-state index in [1.54, 1.807) is 54.5 Å². The zero-order valence-corrected chi connectivity index (χ0v) is 32.2. The molecule has 4 aliphatic heterocycles. The molecule has 4 aromatic carbocycles. The van der Waals surface area contributed by atoms with E-state index in [1.165, 1.54) is 7.11 Å². The molecule has 0 spiro atoms. The van der Waals surface area contributed by atoms with Crippen molar-refractivity contribution in [1.29, 1.82) is 0 Å². The predicted molar refractivity (Wildman–Crippen MR) is 218 cm³/mol. The Morgan fingerprint density at radius 2 is 1.16 bits per heavy atom. The van der Waals surface area contributed by atoms with Crippen LogP contribution in [0.25, 0.3) is 11.1 Å². The molecule has 0 radical (unpaired) electrons. The Labute approximate surface area is 326 Å². The van der Waals surface area contributed by atoms with E-state index in [4.69, 9.17) is 34.4 Å². The van der Waals surface area contributed by atoms with Crippen LogP contribution in [-0.4, -0.2) is 80.7 Å². The van der Waals surface area contributed by atoms with Crippen molar-refractivity contribution in [2.75, 3.05) is 40.3 Å². The average molecular weight is 756 g/mol. The number of hydrogen-bond donors (Lipinski definition) is 1. The van der Waals surface area contributed by atoms with Crippen LogP contribution in [0.4, 0.5) is 17.1 Å². The van der Waals surface area contributed by atoms with Gasteiger partial charge in [-0.3, -0.25) is 19.6 Å². The van der Waals surface area contributed by atoms with Gasteiger partial charge in [0.1, 0.15) is 5.75 Å². The third-order valence-corrected chi connectivity index (χ3v) is 9.95. The van der Waals surface area contributed by atoms with E-state index in [0.717, 1.165) is 28.0 Å². The maximum Gasteiger partial charge on any atom is 0.260 e. The van der Waals surface area contributed by atoms with Crippen LogP contribution in [0.3, 0.4) is 0 Å². The van der Waals surface area contributed by atoms with E-state index in [1.807, 2.05) is 81.0 Å². The van der Waals surface area contributed by atoms with E-state index < -0.39 is 0 Å². The minimum Gasteiger partial charge on any atom is -0.497 e. The Hall–Kier alpha value is -6.56.